The number of nitrogens with one attached hydrogen (secondary N) is 2. The van der Waals surface area contributed by atoms with Crippen molar-refractivity contribution in [1.29, 1.82) is 0 Å². The van der Waals surface area contributed by atoms with E-state index in [2.05, 4.69) is 10.6 Å². The van der Waals surface area contributed by atoms with Crippen LogP contribution >= 0.6 is 0 Å². The van der Waals surface area contributed by atoms with Gasteiger partial charge in [-0.25, -0.2) is 0 Å². The van der Waals surface area contributed by atoms with Gasteiger partial charge < -0.3 is 15.4 Å². The molecule has 102 valence electrons. The molecule has 1 heterocycles. The Morgan fingerprint density at radius 2 is 1.80 bits per heavy atom. The third-order valence-electron chi connectivity index (χ3n) is 3.53. The molecule has 1 atom stereocenters. The normalized spacial score (nSPS) is 16.9. The topological polar surface area (TPSA) is 50.4 Å². The quantitative estimate of drug-likeness (QED) is 0.880. The highest BCUT2D eigenvalue weighted by molar-refractivity contribution is 6.02. The fourth-order valence-corrected chi connectivity index (χ4v) is 2.40. The standard InChI is InChI=1S/C16H16N2O2/c1-10-4-3-5-13-14(10)17-15(18-16(13)19)11-6-8-12(20-2)9-7-11/h3-9,15,17H,1-2H3,(H,18,19)/t15-/m1/s1. The van der Waals surface area contributed by atoms with E-state index in [4.69, 9.17) is 4.74 Å². The second kappa shape index (κ2) is 4.89. The molecule has 2 N–H and O–H groups in total. The minimum Gasteiger partial charge on any atom is -0.497 e. The van der Waals surface area contributed by atoms with Crippen molar-refractivity contribution in [1.82, 2.24) is 5.32 Å². The molecule has 4 nitrogen and oxygen atoms in total. The number of methoxy groups -OCH3 is 1. The van der Waals surface area contributed by atoms with Gasteiger partial charge in [0, 0.05) is 0 Å². The van der Waals surface area contributed by atoms with E-state index < -0.39 is 0 Å². The number of carbonyl (C=O) groups excluding carboxylic acids is 1. The van der Waals surface area contributed by atoms with Crippen LogP contribution in [-0.4, -0.2) is 13.0 Å². The first-order chi connectivity index (χ1) is 9.69. The minimum atomic E-state index is -0.220. The zero-order chi connectivity index (χ0) is 14.1. The first-order valence-corrected chi connectivity index (χ1v) is 6.50. The van der Waals surface area contributed by atoms with Crippen LogP contribution in [0.5, 0.6) is 5.75 Å². The van der Waals surface area contributed by atoms with Crippen molar-refractivity contribution in [3.63, 3.8) is 0 Å². The Labute approximate surface area is 117 Å². The number of aryl methyl sites for hydroxylation is 1. The molecule has 0 saturated heterocycles. The fraction of sp³-hybridized carbons (Fsp3) is 0.188. The van der Waals surface area contributed by atoms with Crippen LogP contribution in [0.4, 0.5) is 5.69 Å². The molecule has 0 spiro atoms. The molecule has 20 heavy (non-hydrogen) atoms. The van der Waals surface area contributed by atoms with Crippen LogP contribution in [0.3, 0.4) is 0 Å². The number of fused-ring (bicyclic) bond motifs is 1. The molecule has 0 bridgehead atoms. The molecule has 0 unspecified atom stereocenters. The number of hydrogen-bond acceptors (Lipinski definition) is 3. The molecule has 0 aromatic heterocycles. The summed E-state index contributed by atoms with van der Waals surface area (Å²) in [6.45, 7) is 2.00. The molecule has 2 aromatic rings. The molecule has 2 aromatic carbocycles. The number of amides is 1. The molecule has 3 rings (SSSR count). The average Bonchev–Trinajstić information content (AvgIpc) is 2.48. The van der Waals surface area contributed by atoms with Crippen molar-refractivity contribution >= 4 is 11.6 Å². The van der Waals surface area contributed by atoms with E-state index in [0.29, 0.717) is 5.56 Å². The van der Waals surface area contributed by atoms with Gasteiger partial charge in [-0.1, -0.05) is 24.3 Å². The largest absolute Gasteiger partial charge is 0.497 e. The number of hydrogen-bond donors (Lipinski definition) is 2. The number of carbonyl (C=O) groups is 1. The highest BCUT2D eigenvalue weighted by Gasteiger charge is 2.25. The lowest BCUT2D eigenvalue weighted by Crippen LogP contribution is -2.38. The highest BCUT2D eigenvalue weighted by Crippen LogP contribution is 2.29. The van der Waals surface area contributed by atoms with Crippen molar-refractivity contribution in [2.75, 3.05) is 12.4 Å². The predicted octanol–water partition coefficient (Wildman–Crippen LogP) is 2.86. The van der Waals surface area contributed by atoms with E-state index in [1.807, 2.05) is 49.4 Å². The lowest BCUT2D eigenvalue weighted by atomic mass is 10.0. The first kappa shape index (κ1) is 12.5. The molecular weight excluding hydrogens is 252 g/mol. The van der Waals surface area contributed by atoms with E-state index in [9.17, 15) is 4.79 Å². The third-order valence-corrected chi connectivity index (χ3v) is 3.53. The Morgan fingerprint density at radius 1 is 1.05 bits per heavy atom. The van der Waals surface area contributed by atoms with Crippen LogP contribution in [0.25, 0.3) is 0 Å². The van der Waals surface area contributed by atoms with E-state index in [1.54, 1.807) is 7.11 Å². The SMILES string of the molecule is COc1ccc([C@H]2NC(=O)c3cccc(C)c3N2)cc1. The molecular formula is C16H16N2O2. The summed E-state index contributed by atoms with van der Waals surface area (Å²) in [5, 5.41) is 6.34. The Hall–Kier alpha value is -2.49. The molecule has 1 aliphatic rings. The number of rotatable bonds is 2. The maximum absolute atomic E-state index is 12.2. The number of benzene rings is 2. The van der Waals surface area contributed by atoms with Crippen molar-refractivity contribution < 1.29 is 9.53 Å². The van der Waals surface area contributed by atoms with Crippen molar-refractivity contribution in [2.24, 2.45) is 0 Å². The van der Waals surface area contributed by atoms with Crippen LogP contribution < -0.4 is 15.4 Å². The van der Waals surface area contributed by atoms with Crippen LogP contribution in [0.2, 0.25) is 0 Å². The average molecular weight is 268 g/mol. The van der Waals surface area contributed by atoms with E-state index >= 15 is 0 Å². The predicted molar refractivity (Wildman–Crippen MR) is 78.0 cm³/mol. The maximum atomic E-state index is 12.2. The van der Waals surface area contributed by atoms with Gasteiger partial charge in [-0.3, -0.25) is 4.79 Å². The van der Waals surface area contributed by atoms with Crippen molar-refractivity contribution in [3.05, 3.63) is 59.2 Å². The van der Waals surface area contributed by atoms with Crippen LogP contribution in [-0.2, 0) is 0 Å². The monoisotopic (exact) mass is 268 g/mol. The summed E-state index contributed by atoms with van der Waals surface area (Å²) in [4.78, 5) is 12.2. The van der Waals surface area contributed by atoms with Gasteiger partial charge in [-0.05, 0) is 36.2 Å². The Kier molecular flexibility index (Phi) is 3.06. The first-order valence-electron chi connectivity index (χ1n) is 6.50. The Morgan fingerprint density at radius 3 is 2.50 bits per heavy atom. The number of para-hydroxylation sites is 1. The lowest BCUT2D eigenvalue weighted by molar-refractivity contribution is 0.0935. The molecule has 0 radical (unpaired) electrons. The number of ether oxygens (including phenoxy) is 1. The van der Waals surface area contributed by atoms with E-state index in [0.717, 1.165) is 22.6 Å². The van der Waals surface area contributed by atoms with Gasteiger partial charge in [-0.2, -0.15) is 0 Å². The number of anilines is 1. The molecule has 0 saturated carbocycles. The summed E-state index contributed by atoms with van der Waals surface area (Å²) >= 11 is 0. The van der Waals surface area contributed by atoms with Crippen LogP contribution in [0.15, 0.2) is 42.5 Å². The molecule has 4 heteroatoms. The summed E-state index contributed by atoms with van der Waals surface area (Å²) in [5.41, 5.74) is 3.65. The summed E-state index contributed by atoms with van der Waals surface area (Å²) in [6, 6.07) is 13.4. The molecule has 0 fully saturated rings. The zero-order valence-corrected chi connectivity index (χ0v) is 11.4. The molecule has 0 aliphatic carbocycles. The van der Waals surface area contributed by atoms with Crippen LogP contribution in [0.1, 0.15) is 27.7 Å². The van der Waals surface area contributed by atoms with Gasteiger partial charge >= 0.3 is 0 Å². The summed E-state index contributed by atoms with van der Waals surface area (Å²) in [7, 11) is 1.63. The third kappa shape index (κ3) is 2.09. The summed E-state index contributed by atoms with van der Waals surface area (Å²) < 4.78 is 5.15. The van der Waals surface area contributed by atoms with Gasteiger partial charge in [0.25, 0.3) is 5.91 Å². The van der Waals surface area contributed by atoms with E-state index in [-0.39, 0.29) is 12.1 Å². The minimum absolute atomic E-state index is 0.0525. The van der Waals surface area contributed by atoms with E-state index in [1.165, 1.54) is 0 Å². The van der Waals surface area contributed by atoms with Gasteiger partial charge in [-0.15, -0.1) is 0 Å². The smallest absolute Gasteiger partial charge is 0.255 e. The molecule has 1 aliphatic heterocycles. The maximum Gasteiger partial charge on any atom is 0.255 e. The second-order valence-corrected chi connectivity index (χ2v) is 4.82. The van der Waals surface area contributed by atoms with Crippen molar-refractivity contribution in [2.45, 2.75) is 13.1 Å². The van der Waals surface area contributed by atoms with Gasteiger partial charge in [0.05, 0.1) is 18.4 Å². The van der Waals surface area contributed by atoms with Gasteiger partial charge in [0.15, 0.2) is 0 Å². The fourth-order valence-electron chi connectivity index (χ4n) is 2.40. The summed E-state index contributed by atoms with van der Waals surface area (Å²) in [6.07, 6.45) is -0.220. The zero-order valence-electron chi connectivity index (χ0n) is 11.4. The molecule has 1 amide bonds. The lowest BCUT2D eigenvalue weighted by Gasteiger charge is -2.29. The highest BCUT2D eigenvalue weighted by atomic mass is 16.5. The van der Waals surface area contributed by atoms with Gasteiger partial charge in [0.1, 0.15) is 11.9 Å². The Bertz CT molecular complexity index is 650. The summed E-state index contributed by atoms with van der Waals surface area (Å²) in [5.74, 6) is 0.746. The van der Waals surface area contributed by atoms with Crippen molar-refractivity contribution in [3.8, 4) is 5.75 Å². The second-order valence-electron chi connectivity index (χ2n) is 4.82. The van der Waals surface area contributed by atoms with Crippen LogP contribution in [0, 0.1) is 6.92 Å². The Balaban J connectivity index is 1.94. The van der Waals surface area contributed by atoms with Gasteiger partial charge in [0.2, 0.25) is 0 Å².